The molecule has 2 rings (SSSR count). The fraction of sp³-hybridized carbons (Fsp3) is 0.467. The van der Waals surface area contributed by atoms with E-state index >= 15 is 0 Å². The lowest BCUT2D eigenvalue weighted by Gasteiger charge is -2.25. The summed E-state index contributed by atoms with van der Waals surface area (Å²) in [6.07, 6.45) is 0.797. The number of aliphatic carboxylic acids is 1. The van der Waals surface area contributed by atoms with E-state index in [-0.39, 0.29) is 11.8 Å². The van der Waals surface area contributed by atoms with Gasteiger partial charge in [0.2, 0.25) is 5.91 Å². The number of carboxylic acids is 1. The number of halogens is 1. The fourth-order valence-corrected chi connectivity index (χ4v) is 3.03. The quantitative estimate of drug-likeness (QED) is 0.837. The number of nitrogens with zero attached hydrogens (tertiary/aromatic N) is 1. The predicted octanol–water partition coefficient (Wildman–Crippen LogP) is 2.23. The number of hydrogen-bond donors (Lipinski definition) is 1. The molecule has 0 aliphatic carbocycles. The highest BCUT2D eigenvalue weighted by Crippen LogP contribution is 2.24. The molecule has 1 unspecified atom stereocenters. The SMILES string of the molecule is Cc1ccccc1C[C@@H](C(=O)O)N1CC(CBr)CC1=O. The topological polar surface area (TPSA) is 57.6 Å². The summed E-state index contributed by atoms with van der Waals surface area (Å²) in [6, 6.07) is 6.94. The molecule has 1 heterocycles. The molecular formula is C15H18BrNO3. The first-order valence-corrected chi connectivity index (χ1v) is 7.77. The highest BCUT2D eigenvalue weighted by molar-refractivity contribution is 9.09. The molecule has 1 fully saturated rings. The van der Waals surface area contributed by atoms with Crippen molar-refractivity contribution in [3.8, 4) is 0 Å². The smallest absolute Gasteiger partial charge is 0.326 e. The summed E-state index contributed by atoms with van der Waals surface area (Å²) in [5.74, 6) is -0.784. The zero-order chi connectivity index (χ0) is 14.7. The van der Waals surface area contributed by atoms with E-state index < -0.39 is 12.0 Å². The van der Waals surface area contributed by atoms with Crippen molar-refractivity contribution in [2.45, 2.75) is 25.8 Å². The van der Waals surface area contributed by atoms with Gasteiger partial charge in [0, 0.05) is 24.7 Å². The number of benzene rings is 1. The lowest BCUT2D eigenvalue weighted by molar-refractivity contribution is -0.148. The molecule has 0 aromatic heterocycles. The largest absolute Gasteiger partial charge is 0.480 e. The molecule has 20 heavy (non-hydrogen) atoms. The maximum absolute atomic E-state index is 12.0. The molecule has 1 saturated heterocycles. The van der Waals surface area contributed by atoms with Crippen molar-refractivity contribution in [3.63, 3.8) is 0 Å². The van der Waals surface area contributed by atoms with Crippen molar-refractivity contribution in [1.82, 2.24) is 4.90 Å². The third-order valence-corrected chi connectivity index (χ3v) is 4.71. The number of alkyl halides is 1. The number of aryl methyl sites for hydroxylation is 1. The lowest BCUT2D eigenvalue weighted by Crippen LogP contribution is -2.43. The van der Waals surface area contributed by atoms with E-state index in [1.807, 2.05) is 31.2 Å². The molecular weight excluding hydrogens is 322 g/mol. The second kappa shape index (κ2) is 6.39. The van der Waals surface area contributed by atoms with Gasteiger partial charge in [-0.1, -0.05) is 40.2 Å². The average Bonchev–Trinajstić information content (AvgIpc) is 2.78. The Balaban J connectivity index is 2.18. The van der Waals surface area contributed by atoms with E-state index in [0.29, 0.717) is 19.4 Å². The van der Waals surface area contributed by atoms with Gasteiger partial charge < -0.3 is 10.0 Å². The Kier molecular flexibility index (Phi) is 4.81. The zero-order valence-corrected chi connectivity index (χ0v) is 13.0. The van der Waals surface area contributed by atoms with Gasteiger partial charge in [0.15, 0.2) is 0 Å². The third kappa shape index (κ3) is 3.20. The average molecular weight is 340 g/mol. The predicted molar refractivity (Wildman–Crippen MR) is 79.9 cm³/mol. The van der Waals surface area contributed by atoms with E-state index in [4.69, 9.17) is 0 Å². The Bertz CT molecular complexity index is 518. The first-order chi connectivity index (χ1) is 9.52. The Morgan fingerprint density at radius 2 is 2.20 bits per heavy atom. The standard InChI is InChI=1S/C15H18BrNO3/c1-10-4-2-3-5-12(10)7-13(15(19)20)17-9-11(8-16)6-14(17)18/h2-5,11,13H,6-9H2,1H3,(H,19,20)/t11?,13-/m0/s1. The van der Waals surface area contributed by atoms with Gasteiger partial charge in [0.1, 0.15) is 6.04 Å². The van der Waals surface area contributed by atoms with E-state index in [1.54, 1.807) is 0 Å². The van der Waals surface area contributed by atoms with Gasteiger partial charge in [-0.3, -0.25) is 4.79 Å². The Hall–Kier alpha value is -1.36. The molecule has 0 spiro atoms. The minimum atomic E-state index is -0.933. The molecule has 108 valence electrons. The number of hydrogen-bond acceptors (Lipinski definition) is 2. The van der Waals surface area contributed by atoms with Crippen molar-refractivity contribution in [2.75, 3.05) is 11.9 Å². The maximum atomic E-state index is 12.0. The highest BCUT2D eigenvalue weighted by Gasteiger charge is 2.37. The van der Waals surface area contributed by atoms with Gasteiger partial charge in [-0.05, 0) is 24.0 Å². The van der Waals surface area contributed by atoms with Crippen molar-refractivity contribution >= 4 is 27.8 Å². The van der Waals surface area contributed by atoms with E-state index in [9.17, 15) is 14.7 Å². The van der Waals surface area contributed by atoms with E-state index in [2.05, 4.69) is 15.9 Å². The summed E-state index contributed by atoms with van der Waals surface area (Å²) in [4.78, 5) is 25.1. The van der Waals surface area contributed by atoms with E-state index in [0.717, 1.165) is 16.5 Å². The van der Waals surface area contributed by atoms with Crippen LogP contribution in [0.2, 0.25) is 0 Å². The van der Waals surface area contributed by atoms with Crippen LogP contribution < -0.4 is 0 Å². The van der Waals surface area contributed by atoms with Crippen LogP contribution in [-0.4, -0.2) is 39.8 Å². The lowest BCUT2D eigenvalue weighted by atomic mass is 10.0. The first-order valence-electron chi connectivity index (χ1n) is 6.65. The minimum Gasteiger partial charge on any atom is -0.480 e. The number of likely N-dealkylation sites (tertiary alicyclic amines) is 1. The molecule has 1 aliphatic heterocycles. The minimum absolute atomic E-state index is 0.0598. The molecule has 1 aromatic carbocycles. The van der Waals surface area contributed by atoms with Crippen LogP contribution >= 0.6 is 15.9 Å². The monoisotopic (exact) mass is 339 g/mol. The molecule has 1 N–H and O–H groups in total. The van der Waals surface area contributed by atoms with Crippen LogP contribution in [0.25, 0.3) is 0 Å². The second-order valence-electron chi connectivity index (χ2n) is 5.26. The van der Waals surface area contributed by atoms with Gasteiger partial charge in [-0.15, -0.1) is 0 Å². The normalized spacial score (nSPS) is 20.2. The van der Waals surface area contributed by atoms with Crippen LogP contribution in [0.5, 0.6) is 0 Å². The number of carboxylic acid groups (broad SMARTS) is 1. The van der Waals surface area contributed by atoms with Gasteiger partial charge in [0.25, 0.3) is 0 Å². The van der Waals surface area contributed by atoms with Crippen LogP contribution in [0, 0.1) is 12.8 Å². The first kappa shape index (κ1) is 15.0. The Morgan fingerprint density at radius 3 is 2.75 bits per heavy atom. The van der Waals surface area contributed by atoms with Gasteiger partial charge in [0.05, 0.1) is 0 Å². The van der Waals surface area contributed by atoms with Crippen molar-refractivity contribution < 1.29 is 14.7 Å². The van der Waals surface area contributed by atoms with Crippen LogP contribution in [0.15, 0.2) is 24.3 Å². The maximum Gasteiger partial charge on any atom is 0.326 e. The van der Waals surface area contributed by atoms with Crippen molar-refractivity contribution in [3.05, 3.63) is 35.4 Å². The summed E-state index contributed by atoms with van der Waals surface area (Å²) in [7, 11) is 0. The zero-order valence-electron chi connectivity index (χ0n) is 11.4. The van der Waals surface area contributed by atoms with Crippen LogP contribution in [-0.2, 0) is 16.0 Å². The van der Waals surface area contributed by atoms with Crippen molar-refractivity contribution in [2.24, 2.45) is 5.92 Å². The molecule has 2 atom stereocenters. The molecule has 4 nitrogen and oxygen atoms in total. The fourth-order valence-electron chi connectivity index (χ4n) is 2.59. The molecule has 5 heteroatoms. The number of amides is 1. The third-order valence-electron chi connectivity index (χ3n) is 3.79. The molecule has 0 bridgehead atoms. The second-order valence-corrected chi connectivity index (χ2v) is 5.90. The molecule has 0 radical (unpaired) electrons. The van der Waals surface area contributed by atoms with Gasteiger partial charge >= 0.3 is 5.97 Å². The summed E-state index contributed by atoms with van der Waals surface area (Å²) >= 11 is 3.37. The number of rotatable bonds is 5. The van der Waals surface area contributed by atoms with Gasteiger partial charge in [-0.2, -0.15) is 0 Å². The summed E-state index contributed by atoms with van der Waals surface area (Å²) in [6.45, 7) is 2.48. The molecule has 1 aliphatic rings. The molecule has 0 saturated carbocycles. The number of carbonyl (C=O) groups excluding carboxylic acids is 1. The molecule has 1 aromatic rings. The summed E-state index contributed by atoms with van der Waals surface area (Å²) < 4.78 is 0. The van der Waals surface area contributed by atoms with E-state index in [1.165, 1.54) is 4.90 Å². The summed E-state index contributed by atoms with van der Waals surface area (Å²) in [5, 5.41) is 10.2. The van der Waals surface area contributed by atoms with Crippen LogP contribution in [0.1, 0.15) is 17.5 Å². The Morgan fingerprint density at radius 1 is 1.50 bits per heavy atom. The van der Waals surface area contributed by atoms with Crippen molar-refractivity contribution in [1.29, 1.82) is 0 Å². The Labute approximate surface area is 126 Å². The highest BCUT2D eigenvalue weighted by atomic mass is 79.9. The van der Waals surface area contributed by atoms with Gasteiger partial charge in [-0.25, -0.2) is 4.79 Å². The molecule has 1 amide bonds. The number of carbonyl (C=O) groups is 2. The van der Waals surface area contributed by atoms with Crippen LogP contribution in [0.3, 0.4) is 0 Å². The summed E-state index contributed by atoms with van der Waals surface area (Å²) in [5.41, 5.74) is 2.04. The van der Waals surface area contributed by atoms with Crippen LogP contribution in [0.4, 0.5) is 0 Å².